The van der Waals surface area contributed by atoms with Gasteiger partial charge in [0.25, 0.3) is 0 Å². The minimum atomic E-state index is -0.324. The van der Waals surface area contributed by atoms with E-state index in [4.69, 9.17) is 9.15 Å². The summed E-state index contributed by atoms with van der Waals surface area (Å²) < 4.78 is 12.0. The maximum absolute atomic E-state index is 13.0. The summed E-state index contributed by atoms with van der Waals surface area (Å²) in [5.74, 6) is 0.422. The lowest BCUT2D eigenvalue weighted by Crippen LogP contribution is -2.30. The van der Waals surface area contributed by atoms with Gasteiger partial charge >= 0.3 is 5.97 Å². The number of benzene rings is 3. The fourth-order valence-electron chi connectivity index (χ4n) is 5.02. The van der Waals surface area contributed by atoms with Gasteiger partial charge in [-0.25, -0.2) is 4.79 Å². The topological polar surface area (TPSA) is 55.0 Å². The van der Waals surface area contributed by atoms with E-state index in [1.165, 1.54) is 0 Å². The lowest BCUT2D eigenvalue weighted by Gasteiger charge is -2.29. The number of ether oxygens (including phenoxy) is 1. The van der Waals surface area contributed by atoms with Crippen molar-refractivity contribution in [2.45, 2.75) is 54.5 Å². The predicted octanol–water partition coefficient (Wildman–Crippen LogP) is 7.15. The van der Waals surface area contributed by atoms with Crippen LogP contribution in [0.5, 0.6) is 0 Å². The Morgan fingerprint density at radius 3 is 2.42 bits per heavy atom. The molecule has 0 atom stereocenters. The van der Waals surface area contributed by atoms with Crippen molar-refractivity contribution in [1.29, 1.82) is 0 Å². The van der Waals surface area contributed by atoms with Crippen LogP contribution in [0.4, 0.5) is 5.69 Å². The Morgan fingerprint density at radius 2 is 1.75 bits per heavy atom. The van der Waals surface area contributed by atoms with E-state index in [1.54, 1.807) is 0 Å². The zero-order valence-corrected chi connectivity index (χ0v) is 22.4. The fourth-order valence-corrected chi connectivity index (χ4v) is 5.02. The standard InChI is InChI=1S/C31H36N2O3/c1-8-32-26-17-28-24(15-20(26)6)30(22-13-11-12-14-23(22)31(34)35-10-3)25-16-21(7)27(18-29(25)36-28)33(9-2)19(4)5/h11-19H,8-10H2,1-7H3/b32-26+. The Hall–Kier alpha value is -3.60. The summed E-state index contributed by atoms with van der Waals surface area (Å²) in [5, 5.41) is 1.89. The Labute approximate surface area is 213 Å². The first kappa shape index (κ1) is 25.5. The molecule has 188 valence electrons. The minimum Gasteiger partial charge on any atom is -0.462 e. The van der Waals surface area contributed by atoms with E-state index < -0.39 is 0 Å². The molecule has 0 bridgehead atoms. The Balaban J connectivity index is 2.16. The molecule has 0 aromatic heterocycles. The summed E-state index contributed by atoms with van der Waals surface area (Å²) in [4.78, 5) is 20.0. The molecular weight excluding hydrogens is 448 g/mol. The van der Waals surface area contributed by atoms with E-state index in [1.807, 2.05) is 44.2 Å². The first-order valence-corrected chi connectivity index (χ1v) is 12.9. The maximum Gasteiger partial charge on any atom is 0.338 e. The molecule has 36 heavy (non-hydrogen) atoms. The smallest absolute Gasteiger partial charge is 0.338 e. The average molecular weight is 485 g/mol. The molecule has 0 saturated heterocycles. The third kappa shape index (κ3) is 4.62. The molecule has 5 heteroatoms. The number of anilines is 1. The number of nitrogens with zero attached hydrogens (tertiary/aromatic N) is 2. The van der Waals surface area contributed by atoms with Gasteiger partial charge in [0.15, 0.2) is 0 Å². The molecule has 1 aliphatic heterocycles. The molecule has 0 unspecified atom stereocenters. The normalized spacial score (nSPS) is 12.1. The molecule has 0 amide bonds. The molecule has 0 fully saturated rings. The SMILES string of the molecule is CC/N=c1\cc2oc3cc(N(CC)C(C)C)c(C)cc3c(-c3ccccc3C(=O)OCC)c-2cc1C. The molecule has 1 heterocycles. The molecule has 0 spiro atoms. The maximum atomic E-state index is 13.0. The van der Waals surface area contributed by atoms with E-state index in [0.29, 0.717) is 24.8 Å². The van der Waals surface area contributed by atoms with Gasteiger partial charge < -0.3 is 14.1 Å². The van der Waals surface area contributed by atoms with Gasteiger partial charge in [-0.05, 0) is 83.4 Å². The highest BCUT2D eigenvalue weighted by Gasteiger charge is 2.24. The van der Waals surface area contributed by atoms with Crippen LogP contribution in [0.3, 0.4) is 0 Å². The van der Waals surface area contributed by atoms with Crippen LogP contribution >= 0.6 is 0 Å². The number of fused-ring (bicyclic) bond motifs is 2. The van der Waals surface area contributed by atoms with Gasteiger partial charge in [-0.3, -0.25) is 4.99 Å². The Bertz CT molecular complexity index is 1450. The molecule has 2 aromatic carbocycles. The van der Waals surface area contributed by atoms with E-state index in [2.05, 4.69) is 62.7 Å². The second kappa shape index (κ2) is 10.6. The largest absolute Gasteiger partial charge is 0.462 e. The summed E-state index contributed by atoms with van der Waals surface area (Å²) in [6.07, 6.45) is 0. The van der Waals surface area contributed by atoms with Crippen molar-refractivity contribution in [1.82, 2.24) is 0 Å². The van der Waals surface area contributed by atoms with E-state index >= 15 is 0 Å². The first-order chi connectivity index (χ1) is 17.3. The van der Waals surface area contributed by atoms with Gasteiger partial charge in [0.2, 0.25) is 0 Å². The van der Waals surface area contributed by atoms with E-state index in [-0.39, 0.29) is 5.97 Å². The van der Waals surface area contributed by atoms with Crippen molar-refractivity contribution in [3.8, 4) is 22.5 Å². The second-order valence-electron chi connectivity index (χ2n) is 9.37. The number of carbonyl (C=O) groups is 1. The van der Waals surface area contributed by atoms with Crippen LogP contribution in [0.1, 0.15) is 56.1 Å². The summed E-state index contributed by atoms with van der Waals surface area (Å²) >= 11 is 0. The number of hydrogen-bond donors (Lipinski definition) is 0. The van der Waals surface area contributed by atoms with Crippen molar-refractivity contribution in [3.05, 3.63) is 70.6 Å². The lowest BCUT2D eigenvalue weighted by atomic mass is 9.89. The molecule has 2 aromatic rings. The Morgan fingerprint density at radius 1 is 1.00 bits per heavy atom. The third-order valence-corrected chi connectivity index (χ3v) is 6.65. The summed E-state index contributed by atoms with van der Waals surface area (Å²) in [6, 6.07) is 16.5. The zero-order chi connectivity index (χ0) is 26.0. The van der Waals surface area contributed by atoms with Crippen molar-refractivity contribution < 1.29 is 13.9 Å². The Kier molecular flexibility index (Phi) is 7.48. The highest BCUT2D eigenvalue weighted by Crippen LogP contribution is 2.43. The van der Waals surface area contributed by atoms with Gasteiger partial charge in [-0.1, -0.05) is 18.2 Å². The van der Waals surface area contributed by atoms with Gasteiger partial charge in [-0.15, -0.1) is 0 Å². The van der Waals surface area contributed by atoms with Gasteiger partial charge in [0.05, 0.1) is 17.5 Å². The molecule has 0 N–H and O–H groups in total. The average Bonchev–Trinajstić information content (AvgIpc) is 2.84. The lowest BCUT2D eigenvalue weighted by molar-refractivity contribution is 0.0527. The van der Waals surface area contributed by atoms with E-state index in [9.17, 15) is 4.79 Å². The van der Waals surface area contributed by atoms with Gasteiger partial charge in [-0.2, -0.15) is 0 Å². The molecule has 1 aliphatic carbocycles. The number of rotatable bonds is 7. The van der Waals surface area contributed by atoms with Crippen LogP contribution in [-0.4, -0.2) is 31.7 Å². The highest BCUT2D eigenvalue weighted by atomic mass is 16.5. The summed E-state index contributed by atoms with van der Waals surface area (Å²) in [7, 11) is 0. The van der Waals surface area contributed by atoms with Crippen LogP contribution in [0, 0.1) is 13.8 Å². The molecule has 4 rings (SSSR count). The highest BCUT2D eigenvalue weighted by molar-refractivity contribution is 6.08. The van der Waals surface area contributed by atoms with Gasteiger partial charge in [0.1, 0.15) is 11.3 Å². The summed E-state index contributed by atoms with van der Waals surface area (Å²) in [6.45, 7) is 16.6. The number of carbonyl (C=O) groups excluding carboxylic acids is 1. The molecule has 0 radical (unpaired) electrons. The number of esters is 1. The van der Waals surface area contributed by atoms with Crippen LogP contribution < -0.4 is 10.3 Å². The second-order valence-corrected chi connectivity index (χ2v) is 9.37. The van der Waals surface area contributed by atoms with Crippen molar-refractivity contribution >= 4 is 22.6 Å². The van der Waals surface area contributed by atoms with Gasteiger partial charge in [0, 0.05) is 53.5 Å². The fraction of sp³-hybridized carbons (Fsp3) is 0.355. The zero-order valence-electron chi connectivity index (χ0n) is 22.4. The van der Waals surface area contributed by atoms with Crippen LogP contribution in [0.25, 0.3) is 33.4 Å². The molecule has 5 nitrogen and oxygen atoms in total. The quantitative estimate of drug-likeness (QED) is 0.206. The van der Waals surface area contributed by atoms with Crippen molar-refractivity contribution in [2.75, 3.05) is 24.6 Å². The molecule has 0 saturated carbocycles. The van der Waals surface area contributed by atoms with Crippen LogP contribution in [0.2, 0.25) is 0 Å². The predicted molar refractivity (Wildman–Crippen MR) is 148 cm³/mol. The number of aryl methyl sites for hydroxylation is 2. The van der Waals surface area contributed by atoms with Crippen LogP contribution in [-0.2, 0) is 4.74 Å². The van der Waals surface area contributed by atoms with Crippen molar-refractivity contribution in [2.24, 2.45) is 4.99 Å². The minimum absolute atomic E-state index is 0.324. The van der Waals surface area contributed by atoms with E-state index in [0.717, 1.165) is 62.1 Å². The monoisotopic (exact) mass is 484 g/mol. The molecule has 2 aliphatic rings. The first-order valence-electron chi connectivity index (χ1n) is 12.9. The third-order valence-electron chi connectivity index (χ3n) is 6.65. The molecular formula is C31H36N2O3. The van der Waals surface area contributed by atoms with Crippen LogP contribution in [0.15, 0.2) is 57.9 Å². The number of hydrogen-bond acceptors (Lipinski definition) is 5. The summed E-state index contributed by atoms with van der Waals surface area (Å²) in [5.41, 5.74) is 7.48. The van der Waals surface area contributed by atoms with Crippen molar-refractivity contribution in [3.63, 3.8) is 0 Å².